The van der Waals surface area contributed by atoms with E-state index in [1.807, 2.05) is 13.8 Å². The zero-order valence-corrected chi connectivity index (χ0v) is 21.4. The van der Waals surface area contributed by atoms with Crippen molar-refractivity contribution in [2.24, 2.45) is 0 Å². The highest BCUT2D eigenvalue weighted by Gasteiger charge is 2.47. The molecular weight excluding hydrogens is 493 g/mol. The van der Waals surface area contributed by atoms with Crippen molar-refractivity contribution in [2.45, 2.75) is 64.5 Å². The molecule has 1 aromatic heterocycles. The molecule has 1 saturated heterocycles. The molecule has 3 rings (SSSR count). The van der Waals surface area contributed by atoms with Gasteiger partial charge in [-0.1, -0.05) is 6.07 Å². The molecule has 0 aliphatic carbocycles. The molecule has 1 aliphatic heterocycles. The van der Waals surface area contributed by atoms with Crippen molar-refractivity contribution in [3.63, 3.8) is 0 Å². The second kappa shape index (κ2) is 12.1. The molecule has 36 heavy (non-hydrogen) atoms. The van der Waals surface area contributed by atoms with Crippen LogP contribution >= 0.6 is 11.8 Å². The van der Waals surface area contributed by atoms with Crippen LogP contribution in [0.4, 0.5) is 4.39 Å². The summed E-state index contributed by atoms with van der Waals surface area (Å²) in [6.07, 6.45) is -0.123. The number of ether oxygens (including phenoxy) is 5. The molecule has 4 atom stereocenters. The van der Waals surface area contributed by atoms with E-state index in [4.69, 9.17) is 23.7 Å². The van der Waals surface area contributed by atoms with Crippen LogP contribution in [0.1, 0.15) is 34.6 Å². The normalized spacial score (nSPS) is 21.4. The number of aromatic nitrogens is 1. The molecule has 0 unspecified atom stereocenters. The number of hydrogen-bond acceptors (Lipinski definition) is 10. The zero-order valence-electron chi connectivity index (χ0n) is 20.6. The van der Waals surface area contributed by atoms with E-state index < -0.39 is 47.5 Å². The van der Waals surface area contributed by atoms with Gasteiger partial charge >= 0.3 is 17.9 Å². The van der Waals surface area contributed by atoms with E-state index in [0.717, 1.165) is 0 Å². The molecule has 9 nitrogen and oxygen atoms in total. The summed E-state index contributed by atoms with van der Waals surface area (Å²) in [4.78, 5) is 39.3. The first kappa shape index (κ1) is 27.3. The number of carbonyl (C=O) groups excluding carboxylic acids is 3. The lowest BCUT2D eigenvalue weighted by Gasteiger charge is -2.39. The monoisotopic (exact) mass is 521 g/mol. The predicted molar refractivity (Wildman–Crippen MR) is 129 cm³/mol. The van der Waals surface area contributed by atoms with Crippen molar-refractivity contribution in [3.8, 4) is 22.6 Å². The van der Waals surface area contributed by atoms with Crippen LogP contribution < -0.4 is 9.47 Å². The van der Waals surface area contributed by atoms with Gasteiger partial charge in [0.1, 0.15) is 5.75 Å². The first-order chi connectivity index (χ1) is 17.0. The third kappa shape index (κ3) is 7.33. The molecule has 2 aromatic rings. The summed E-state index contributed by atoms with van der Waals surface area (Å²) < 4.78 is 42.1. The van der Waals surface area contributed by atoms with Crippen molar-refractivity contribution in [3.05, 3.63) is 42.5 Å². The maximum Gasteiger partial charge on any atom is 0.303 e. The smallest absolute Gasteiger partial charge is 0.303 e. The molecular formula is C25H28FNO8S. The molecule has 0 saturated carbocycles. The van der Waals surface area contributed by atoms with Crippen LogP contribution in [-0.4, -0.2) is 58.5 Å². The van der Waals surface area contributed by atoms with Crippen molar-refractivity contribution < 1.29 is 42.5 Å². The summed E-state index contributed by atoms with van der Waals surface area (Å²) in [5.74, 6) is -1.63. The quantitative estimate of drug-likeness (QED) is 0.374. The fourth-order valence-corrected chi connectivity index (χ4v) is 4.83. The lowest BCUT2D eigenvalue weighted by molar-refractivity contribution is -0.186. The highest BCUT2D eigenvalue weighted by Crippen LogP contribution is 2.35. The molecule has 0 bridgehead atoms. The Morgan fingerprint density at radius 2 is 1.61 bits per heavy atom. The summed E-state index contributed by atoms with van der Waals surface area (Å²) in [6, 6.07) is 6.26. The van der Waals surface area contributed by atoms with Crippen molar-refractivity contribution in [1.82, 2.24) is 4.98 Å². The summed E-state index contributed by atoms with van der Waals surface area (Å²) >= 11 is 1.23. The average molecular weight is 522 g/mol. The van der Waals surface area contributed by atoms with Gasteiger partial charge in [0.25, 0.3) is 0 Å². The van der Waals surface area contributed by atoms with Gasteiger partial charge in [0, 0.05) is 38.3 Å². The van der Waals surface area contributed by atoms with E-state index in [0.29, 0.717) is 16.9 Å². The standard InChI is InChI=1S/C25H28FNO8S/c1-13(2)31-21-7-6-17(9-20(21)26)18-8-19(11-27-10-18)35-25-24(34-16(5)30)23(33-15(4)29)22(12-36-25)32-14(3)28/h6-11,13,22-25H,12H2,1-5H3/t22-,23+,24-,25+/m1/s1. The summed E-state index contributed by atoms with van der Waals surface area (Å²) in [7, 11) is 0. The minimum Gasteiger partial charge on any atom is -0.488 e. The number of benzene rings is 1. The number of pyridine rings is 1. The first-order valence-electron chi connectivity index (χ1n) is 11.2. The molecule has 11 heteroatoms. The van der Waals surface area contributed by atoms with Crippen LogP contribution in [0.2, 0.25) is 0 Å². The summed E-state index contributed by atoms with van der Waals surface area (Å²) in [6.45, 7) is 7.28. The number of rotatable bonds is 8. The SMILES string of the molecule is CC(=O)O[C@@H]1[C@@H](OC(C)=O)[C@@H](Oc2cncc(-c3ccc(OC(C)C)c(F)c3)c2)SC[C@H]1OC(C)=O. The fraction of sp³-hybridized carbons (Fsp3) is 0.440. The van der Waals surface area contributed by atoms with Crippen LogP contribution in [-0.2, 0) is 28.6 Å². The molecule has 1 aliphatic rings. The second-order valence-corrected chi connectivity index (χ2v) is 9.47. The van der Waals surface area contributed by atoms with Crippen LogP contribution in [0.5, 0.6) is 11.5 Å². The van der Waals surface area contributed by atoms with Gasteiger partial charge in [-0.15, -0.1) is 11.8 Å². The largest absolute Gasteiger partial charge is 0.488 e. The first-order valence-corrected chi connectivity index (χ1v) is 12.3. The molecule has 1 fully saturated rings. The average Bonchev–Trinajstić information content (AvgIpc) is 2.78. The van der Waals surface area contributed by atoms with Gasteiger partial charge in [-0.25, -0.2) is 4.39 Å². The third-order valence-corrected chi connectivity index (χ3v) is 6.11. The van der Waals surface area contributed by atoms with Gasteiger partial charge in [-0.05, 0) is 37.6 Å². The highest BCUT2D eigenvalue weighted by atomic mass is 32.2. The van der Waals surface area contributed by atoms with E-state index in [2.05, 4.69) is 4.98 Å². The minimum atomic E-state index is -1.07. The number of nitrogens with zero attached hydrogens (tertiary/aromatic N) is 1. The Morgan fingerprint density at radius 1 is 0.944 bits per heavy atom. The van der Waals surface area contributed by atoms with Gasteiger partial charge in [0.05, 0.1) is 12.3 Å². The fourth-order valence-electron chi connectivity index (χ4n) is 3.62. The van der Waals surface area contributed by atoms with E-state index in [-0.39, 0.29) is 17.6 Å². The van der Waals surface area contributed by atoms with Gasteiger partial charge in [-0.2, -0.15) is 0 Å². The Labute approximate surface area is 212 Å². The lowest BCUT2D eigenvalue weighted by Crippen LogP contribution is -2.55. The number of esters is 3. The van der Waals surface area contributed by atoms with Crippen LogP contribution in [0.25, 0.3) is 11.1 Å². The Hall–Kier alpha value is -3.34. The Bertz CT molecular complexity index is 1110. The van der Waals surface area contributed by atoms with Crippen molar-refractivity contribution >= 4 is 29.7 Å². The Kier molecular flexibility index (Phi) is 9.14. The van der Waals surface area contributed by atoms with Gasteiger partial charge < -0.3 is 23.7 Å². The predicted octanol–water partition coefficient (Wildman–Crippen LogP) is 3.92. The molecule has 2 heterocycles. The molecule has 0 N–H and O–H groups in total. The summed E-state index contributed by atoms with van der Waals surface area (Å²) in [5.41, 5.74) is 0.337. The maximum absolute atomic E-state index is 14.5. The van der Waals surface area contributed by atoms with Crippen LogP contribution in [0.3, 0.4) is 0 Å². The van der Waals surface area contributed by atoms with Gasteiger partial charge in [0.15, 0.2) is 35.3 Å². The molecule has 0 radical (unpaired) electrons. The number of carbonyl (C=O) groups is 3. The topological polar surface area (TPSA) is 110 Å². The van der Waals surface area contributed by atoms with Gasteiger partial charge in [0.2, 0.25) is 0 Å². The van der Waals surface area contributed by atoms with Crippen LogP contribution in [0, 0.1) is 5.82 Å². The van der Waals surface area contributed by atoms with E-state index in [9.17, 15) is 18.8 Å². The lowest BCUT2D eigenvalue weighted by atomic mass is 10.1. The molecule has 0 spiro atoms. The van der Waals surface area contributed by atoms with Crippen LogP contribution in [0.15, 0.2) is 36.7 Å². The number of halogens is 1. The molecule has 1 aromatic carbocycles. The summed E-state index contributed by atoms with van der Waals surface area (Å²) in [5, 5.41) is 0. The molecule has 194 valence electrons. The van der Waals surface area contributed by atoms with E-state index >= 15 is 0 Å². The number of hydrogen-bond donors (Lipinski definition) is 0. The Balaban J connectivity index is 1.85. The van der Waals surface area contributed by atoms with Crippen molar-refractivity contribution in [1.29, 1.82) is 0 Å². The zero-order chi connectivity index (χ0) is 26.4. The van der Waals surface area contributed by atoms with E-state index in [1.54, 1.807) is 24.4 Å². The van der Waals surface area contributed by atoms with Crippen molar-refractivity contribution in [2.75, 3.05) is 5.75 Å². The van der Waals surface area contributed by atoms with Gasteiger partial charge in [-0.3, -0.25) is 19.4 Å². The minimum absolute atomic E-state index is 0.149. The molecule has 0 amide bonds. The third-order valence-electron chi connectivity index (χ3n) is 4.90. The Morgan fingerprint density at radius 3 is 2.22 bits per heavy atom. The second-order valence-electron chi connectivity index (χ2n) is 8.34. The highest BCUT2D eigenvalue weighted by molar-refractivity contribution is 7.99. The van der Waals surface area contributed by atoms with E-state index in [1.165, 1.54) is 44.8 Å². The number of thioether (sulfide) groups is 1. The maximum atomic E-state index is 14.5.